The van der Waals surface area contributed by atoms with E-state index in [4.69, 9.17) is 10.1 Å². The Morgan fingerprint density at radius 2 is 1.66 bits per heavy atom. The normalized spacial score (nSPS) is 19.6. The summed E-state index contributed by atoms with van der Waals surface area (Å²) >= 11 is 0. The molecule has 1 radical (unpaired) electrons. The van der Waals surface area contributed by atoms with Crippen LogP contribution in [-0.4, -0.2) is 15.9 Å². The van der Waals surface area contributed by atoms with Crippen molar-refractivity contribution < 1.29 is 30.0 Å². The van der Waals surface area contributed by atoms with E-state index >= 15 is 0 Å². The first-order valence-electron chi connectivity index (χ1n) is 13.2. The van der Waals surface area contributed by atoms with E-state index in [1.54, 1.807) is 5.56 Å². The molecule has 2 atom stereocenters. The standard InChI is InChI=1S/C29H24N.C5H8O2.Ir/c1-29(2)23-9-5-3-7-20(23)21-14-13-19(16-24(21)29)28-27-18-12-11-17(15-18)26(27)22-8-4-6-10-25(22)30-28;1-4(6)3-5(2)7;/h3-10,14,16-18H,11-12,15H2,1-2H3;3,6H,1-2H3;/q-1;;. The number of carbonyl (C=O) groups excluding carboxylic acids is 1. The fraction of sp³-hybridized carbons (Fsp3) is 0.294. The van der Waals surface area contributed by atoms with Crippen molar-refractivity contribution >= 4 is 16.7 Å². The van der Waals surface area contributed by atoms with Crippen LogP contribution in [0.4, 0.5) is 0 Å². The van der Waals surface area contributed by atoms with E-state index in [1.807, 2.05) is 0 Å². The zero-order valence-electron chi connectivity index (χ0n) is 22.3. The molecule has 1 saturated carbocycles. The van der Waals surface area contributed by atoms with Gasteiger partial charge in [0.1, 0.15) is 0 Å². The van der Waals surface area contributed by atoms with Gasteiger partial charge in [0.25, 0.3) is 0 Å². The van der Waals surface area contributed by atoms with Gasteiger partial charge in [0.05, 0.1) is 11.3 Å². The van der Waals surface area contributed by atoms with Crippen LogP contribution in [0.5, 0.6) is 0 Å². The second-order valence-corrected chi connectivity index (χ2v) is 11.3. The van der Waals surface area contributed by atoms with Crippen molar-refractivity contribution in [3.05, 3.63) is 101 Å². The quantitative estimate of drug-likeness (QED) is 0.132. The number of pyridine rings is 1. The number of hydrogen-bond acceptors (Lipinski definition) is 3. The van der Waals surface area contributed by atoms with Gasteiger partial charge in [0, 0.05) is 31.6 Å². The van der Waals surface area contributed by atoms with Gasteiger partial charge in [0.15, 0.2) is 5.78 Å². The molecule has 1 heterocycles. The molecule has 1 N–H and O–H groups in total. The second kappa shape index (κ2) is 9.91. The number of aromatic nitrogens is 1. The molecule has 38 heavy (non-hydrogen) atoms. The maximum Gasteiger partial charge on any atom is 0.155 e. The number of benzene rings is 3. The summed E-state index contributed by atoms with van der Waals surface area (Å²) in [6, 6.07) is 25.8. The van der Waals surface area contributed by atoms with Gasteiger partial charge in [-0.05, 0) is 73.2 Å². The van der Waals surface area contributed by atoms with Crippen molar-refractivity contribution in [2.45, 2.75) is 64.2 Å². The third kappa shape index (κ3) is 4.24. The minimum absolute atomic E-state index is 0. The van der Waals surface area contributed by atoms with Crippen molar-refractivity contribution in [2.24, 2.45) is 0 Å². The SMILES string of the molecule is CC(=O)C=C(C)O.CC1(C)c2ccccc2-c2c[c-]c(-c3nc4ccccc4c4c3C3CCC4C3)cc21.[Ir]. The number of aliphatic hydroxyl groups is 1. The van der Waals surface area contributed by atoms with Crippen LogP contribution >= 0.6 is 0 Å². The summed E-state index contributed by atoms with van der Waals surface area (Å²) in [7, 11) is 0. The van der Waals surface area contributed by atoms with E-state index in [0.717, 1.165) is 5.52 Å². The number of aliphatic hydroxyl groups excluding tert-OH is 1. The van der Waals surface area contributed by atoms with Gasteiger partial charge in [-0.3, -0.25) is 9.78 Å². The van der Waals surface area contributed by atoms with Crippen LogP contribution < -0.4 is 0 Å². The van der Waals surface area contributed by atoms with Crippen molar-refractivity contribution in [2.75, 3.05) is 0 Å². The molecule has 4 heteroatoms. The van der Waals surface area contributed by atoms with E-state index in [2.05, 4.69) is 80.6 Å². The summed E-state index contributed by atoms with van der Waals surface area (Å²) in [5, 5.41) is 9.74. The predicted octanol–water partition coefficient (Wildman–Crippen LogP) is 8.41. The monoisotopic (exact) mass is 679 g/mol. The molecular formula is C34H32IrNO2-. The van der Waals surface area contributed by atoms with Gasteiger partial charge >= 0.3 is 0 Å². The second-order valence-electron chi connectivity index (χ2n) is 11.3. The summed E-state index contributed by atoms with van der Waals surface area (Å²) in [6.07, 6.45) is 5.12. The van der Waals surface area contributed by atoms with Gasteiger partial charge < -0.3 is 5.11 Å². The van der Waals surface area contributed by atoms with Crippen LogP contribution in [0.1, 0.15) is 81.0 Å². The van der Waals surface area contributed by atoms with E-state index in [-0.39, 0.29) is 37.1 Å². The molecule has 3 aliphatic carbocycles. The van der Waals surface area contributed by atoms with Crippen molar-refractivity contribution in [3.63, 3.8) is 0 Å². The average Bonchev–Trinajstić information content (AvgIpc) is 3.56. The maximum atomic E-state index is 10.0. The number of hydrogen-bond donors (Lipinski definition) is 1. The van der Waals surface area contributed by atoms with Crippen LogP contribution in [0.2, 0.25) is 0 Å². The zero-order chi connectivity index (χ0) is 25.9. The van der Waals surface area contributed by atoms with E-state index < -0.39 is 0 Å². The van der Waals surface area contributed by atoms with Crippen molar-refractivity contribution in [1.82, 2.24) is 4.98 Å². The number of fused-ring (bicyclic) bond motifs is 10. The Morgan fingerprint density at radius 1 is 0.974 bits per heavy atom. The van der Waals surface area contributed by atoms with Crippen LogP contribution in [0.25, 0.3) is 33.3 Å². The van der Waals surface area contributed by atoms with Crippen molar-refractivity contribution in [1.29, 1.82) is 0 Å². The molecule has 1 fully saturated rings. The predicted molar refractivity (Wildman–Crippen MR) is 150 cm³/mol. The molecule has 3 aliphatic rings. The minimum atomic E-state index is -0.125. The Kier molecular flexibility index (Phi) is 6.92. The number of rotatable bonds is 2. The van der Waals surface area contributed by atoms with Gasteiger partial charge in [0.2, 0.25) is 0 Å². The smallest absolute Gasteiger partial charge is 0.155 e. The Bertz CT molecular complexity index is 1600. The van der Waals surface area contributed by atoms with E-state index in [0.29, 0.717) is 11.8 Å². The summed E-state index contributed by atoms with van der Waals surface area (Å²) in [6.45, 7) is 7.55. The van der Waals surface area contributed by atoms with E-state index in [9.17, 15) is 4.79 Å². The van der Waals surface area contributed by atoms with Gasteiger partial charge in [-0.25, -0.2) is 0 Å². The first kappa shape index (κ1) is 26.5. The molecule has 0 amide bonds. The molecule has 0 saturated heterocycles. The Labute approximate surface area is 238 Å². The fourth-order valence-electron chi connectivity index (χ4n) is 6.89. The Morgan fingerprint density at radius 3 is 2.37 bits per heavy atom. The molecule has 0 aliphatic heterocycles. The minimum Gasteiger partial charge on any atom is -0.512 e. The maximum absolute atomic E-state index is 10.0. The molecule has 7 rings (SSSR count). The van der Waals surface area contributed by atoms with Crippen LogP contribution in [-0.2, 0) is 30.3 Å². The fourth-order valence-corrected chi connectivity index (χ4v) is 6.89. The summed E-state index contributed by atoms with van der Waals surface area (Å²) in [5.41, 5.74) is 12.1. The number of ketones is 1. The molecule has 2 unspecified atom stereocenters. The number of allylic oxidation sites excluding steroid dienone is 2. The Hall–Kier alpha value is -3.07. The first-order valence-corrected chi connectivity index (χ1v) is 13.2. The third-order valence-corrected chi connectivity index (χ3v) is 8.40. The molecule has 1 aromatic heterocycles. The largest absolute Gasteiger partial charge is 0.512 e. The van der Waals surface area contributed by atoms with Crippen LogP contribution in [0.3, 0.4) is 0 Å². The Balaban J connectivity index is 0.000000329. The molecule has 2 bridgehead atoms. The van der Waals surface area contributed by atoms with Crippen LogP contribution in [0.15, 0.2) is 72.5 Å². The van der Waals surface area contributed by atoms with Gasteiger partial charge in [-0.15, -0.1) is 29.3 Å². The molecule has 3 aromatic carbocycles. The molecule has 3 nitrogen and oxygen atoms in total. The first-order chi connectivity index (χ1) is 17.8. The number of nitrogens with zero attached hydrogens (tertiary/aromatic N) is 1. The third-order valence-electron chi connectivity index (χ3n) is 8.40. The molecule has 4 aromatic rings. The summed E-state index contributed by atoms with van der Waals surface area (Å²) < 4.78 is 0. The molecule has 0 spiro atoms. The van der Waals surface area contributed by atoms with Gasteiger partial charge in [-0.1, -0.05) is 73.0 Å². The summed E-state index contributed by atoms with van der Waals surface area (Å²) in [5.74, 6) is 1.32. The summed E-state index contributed by atoms with van der Waals surface area (Å²) in [4.78, 5) is 15.2. The topological polar surface area (TPSA) is 50.2 Å². The molecule has 195 valence electrons. The molecular weight excluding hydrogens is 647 g/mol. The number of carbonyl (C=O) groups is 1. The number of para-hydroxylation sites is 1. The van der Waals surface area contributed by atoms with Crippen LogP contribution in [0, 0.1) is 6.07 Å². The average molecular weight is 679 g/mol. The van der Waals surface area contributed by atoms with Gasteiger partial charge in [-0.2, -0.15) is 0 Å². The zero-order valence-corrected chi connectivity index (χ0v) is 24.7. The van der Waals surface area contributed by atoms with Crippen molar-refractivity contribution in [3.8, 4) is 22.4 Å². The van der Waals surface area contributed by atoms with E-state index in [1.165, 1.54) is 83.6 Å².